The lowest BCUT2D eigenvalue weighted by molar-refractivity contribution is -0.114. The van der Waals surface area contributed by atoms with Crippen molar-refractivity contribution in [1.82, 2.24) is 0 Å². The van der Waals surface area contributed by atoms with Gasteiger partial charge in [0.05, 0.1) is 10.8 Å². The maximum atomic E-state index is 10.7. The van der Waals surface area contributed by atoms with Crippen molar-refractivity contribution >= 4 is 22.6 Å². The van der Waals surface area contributed by atoms with E-state index in [2.05, 4.69) is 4.99 Å². The number of hydrogen-bond acceptors (Lipinski definition) is 3. The zero-order chi connectivity index (χ0) is 8.81. The van der Waals surface area contributed by atoms with Gasteiger partial charge in [0.15, 0.2) is 0 Å². The Morgan fingerprint density at radius 3 is 3.08 bits per heavy atom. The number of hydrogen-bond donors (Lipinski definition) is 0. The van der Waals surface area contributed by atoms with Crippen LogP contribution in [0.5, 0.6) is 0 Å². The molecule has 12 heavy (non-hydrogen) atoms. The first kappa shape index (κ1) is 9.78. The van der Waals surface area contributed by atoms with Crippen molar-refractivity contribution in [2.45, 2.75) is 32.6 Å². The number of carbonyl (C=O) groups is 1. The van der Waals surface area contributed by atoms with E-state index >= 15 is 0 Å². The predicted molar refractivity (Wildman–Crippen MR) is 53.9 cm³/mol. The smallest absolute Gasteiger partial charge is 0.140 e. The molecule has 0 aromatic rings. The molecule has 0 atom stereocenters. The minimum atomic E-state index is 0.243. The second-order valence-corrected chi connectivity index (χ2v) is 4.13. The summed E-state index contributed by atoms with van der Waals surface area (Å²) >= 11 is 1.62. The van der Waals surface area contributed by atoms with E-state index < -0.39 is 0 Å². The van der Waals surface area contributed by atoms with E-state index in [-0.39, 0.29) is 5.78 Å². The Hall–Kier alpha value is -0.310. The quantitative estimate of drug-likeness (QED) is 0.660. The molecule has 0 aromatic heterocycles. The monoisotopic (exact) mass is 185 g/mol. The molecule has 0 fully saturated rings. The van der Waals surface area contributed by atoms with E-state index in [9.17, 15) is 4.79 Å². The molecule has 1 heterocycles. The Kier molecular flexibility index (Phi) is 4.36. The lowest BCUT2D eigenvalue weighted by Crippen LogP contribution is -1.99. The van der Waals surface area contributed by atoms with Gasteiger partial charge >= 0.3 is 0 Å². The van der Waals surface area contributed by atoms with Gasteiger partial charge in [-0.25, -0.2) is 0 Å². The highest BCUT2D eigenvalue weighted by Crippen LogP contribution is 2.15. The van der Waals surface area contributed by atoms with Crippen molar-refractivity contribution < 1.29 is 4.79 Å². The molecule has 0 amide bonds. The number of carbonyl (C=O) groups excluding carboxylic acids is 1. The van der Waals surface area contributed by atoms with Crippen molar-refractivity contribution in [3.63, 3.8) is 0 Å². The molecule has 0 unspecified atom stereocenters. The fourth-order valence-corrected chi connectivity index (χ4v) is 1.99. The molecule has 0 bridgehead atoms. The summed E-state index contributed by atoms with van der Waals surface area (Å²) in [6.07, 6.45) is 4.82. The van der Waals surface area contributed by atoms with Gasteiger partial charge in [0.2, 0.25) is 0 Å². The summed E-state index contributed by atoms with van der Waals surface area (Å²) in [4.78, 5) is 15.1. The molecule has 1 rings (SSSR count). The van der Waals surface area contributed by atoms with Crippen LogP contribution in [0.25, 0.3) is 0 Å². The third-order valence-electron chi connectivity index (χ3n) is 1.78. The number of rotatable bonds is 2. The minimum absolute atomic E-state index is 0.243. The lowest BCUT2D eigenvalue weighted by atomic mass is 10.2. The molecular formula is C9H15NOS. The third-order valence-corrected chi connectivity index (χ3v) is 3.00. The van der Waals surface area contributed by atoms with Gasteiger partial charge in [-0.3, -0.25) is 9.79 Å². The zero-order valence-electron chi connectivity index (χ0n) is 7.51. The Labute approximate surface area is 77.8 Å². The topological polar surface area (TPSA) is 29.4 Å². The summed E-state index contributed by atoms with van der Waals surface area (Å²) in [5.41, 5.74) is 0. The van der Waals surface area contributed by atoms with Crippen LogP contribution in [-0.2, 0) is 4.79 Å². The molecule has 0 saturated carbocycles. The molecule has 0 N–H and O–H groups in total. The van der Waals surface area contributed by atoms with E-state index in [0.717, 1.165) is 13.0 Å². The molecule has 0 radical (unpaired) electrons. The van der Waals surface area contributed by atoms with Crippen LogP contribution in [0.2, 0.25) is 0 Å². The number of nitrogens with zero attached hydrogens (tertiary/aromatic N) is 1. The molecule has 0 spiro atoms. The molecular weight excluding hydrogens is 170 g/mol. The highest BCUT2D eigenvalue weighted by Gasteiger charge is 2.05. The molecule has 0 saturated heterocycles. The van der Waals surface area contributed by atoms with Crippen molar-refractivity contribution in [3.05, 3.63) is 0 Å². The number of ketones is 1. The molecule has 0 aliphatic carbocycles. The van der Waals surface area contributed by atoms with Crippen molar-refractivity contribution in [1.29, 1.82) is 0 Å². The van der Waals surface area contributed by atoms with Crippen LogP contribution in [0.4, 0.5) is 0 Å². The van der Waals surface area contributed by atoms with Crippen LogP contribution in [0.3, 0.4) is 0 Å². The van der Waals surface area contributed by atoms with Gasteiger partial charge in [0, 0.05) is 6.54 Å². The van der Waals surface area contributed by atoms with E-state index in [4.69, 9.17) is 0 Å². The second-order valence-electron chi connectivity index (χ2n) is 3.08. The van der Waals surface area contributed by atoms with Crippen LogP contribution in [0, 0.1) is 0 Å². The van der Waals surface area contributed by atoms with Crippen molar-refractivity contribution in [2.75, 3.05) is 12.3 Å². The first-order valence-electron chi connectivity index (χ1n) is 4.44. The number of thioether (sulfide) groups is 1. The first-order chi connectivity index (χ1) is 5.79. The van der Waals surface area contributed by atoms with E-state index in [0.29, 0.717) is 5.75 Å². The molecule has 1 aliphatic heterocycles. The number of aliphatic imine (C=N–C) groups is 1. The average Bonchev–Trinajstić information content (AvgIpc) is 2.28. The summed E-state index contributed by atoms with van der Waals surface area (Å²) in [6, 6.07) is 0. The average molecular weight is 185 g/mol. The maximum absolute atomic E-state index is 10.7. The Morgan fingerprint density at radius 1 is 1.50 bits per heavy atom. The second kappa shape index (κ2) is 5.36. The first-order valence-corrected chi connectivity index (χ1v) is 5.43. The largest absolute Gasteiger partial charge is 0.299 e. The highest BCUT2D eigenvalue weighted by atomic mass is 32.2. The van der Waals surface area contributed by atoms with Crippen LogP contribution in [0.1, 0.15) is 32.6 Å². The summed E-state index contributed by atoms with van der Waals surface area (Å²) in [7, 11) is 0. The van der Waals surface area contributed by atoms with Gasteiger partial charge in [0.25, 0.3) is 0 Å². The van der Waals surface area contributed by atoms with Gasteiger partial charge in [-0.1, -0.05) is 6.42 Å². The van der Waals surface area contributed by atoms with Gasteiger partial charge in [0.1, 0.15) is 5.78 Å². The maximum Gasteiger partial charge on any atom is 0.140 e. The lowest BCUT2D eigenvalue weighted by Gasteiger charge is -2.00. The summed E-state index contributed by atoms with van der Waals surface area (Å²) < 4.78 is 0. The molecule has 3 heteroatoms. The van der Waals surface area contributed by atoms with Crippen molar-refractivity contribution in [2.24, 2.45) is 4.99 Å². The molecule has 1 aliphatic rings. The van der Waals surface area contributed by atoms with Crippen LogP contribution in [-0.4, -0.2) is 23.1 Å². The van der Waals surface area contributed by atoms with Crippen LogP contribution < -0.4 is 0 Å². The van der Waals surface area contributed by atoms with Crippen molar-refractivity contribution in [3.8, 4) is 0 Å². The fourth-order valence-electron chi connectivity index (χ4n) is 1.15. The van der Waals surface area contributed by atoms with Gasteiger partial charge in [-0.15, -0.1) is 11.8 Å². The predicted octanol–water partition coefficient (Wildman–Crippen LogP) is 2.28. The summed E-state index contributed by atoms with van der Waals surface area (Å²) in [5, 5.41) is 1.18. The van der Waals surface area contributed by atoms with E-state index in [1.165, 1.54) is 24.3 Å². The Balaban J connectivity index is 2.28. The highest BCUT2D eigenvalue weighted by molar-refractivity contribution is 8.14. The zero-order valence-corrected chi connectivity index (χ0v) is 8.32. The normalized spacial score (nSPS) is 18.2. The van der Waals surface area contributed by atoms with E-state index in [1.807, 2.05) is 0 Å². The standard InChI is InChI=1S/C9H15NOS/c1-8(11)7-12-9-5-3-2-4-6-10-9/h2-7H2,1H3. The Morgan fingerprint density at radius 2 is 2.33 bits per heavy atom. The Bertz CT molecular complexity index is 189. The van der Waals surface area contributed by atoms with Gasteiger partial charge in [-0.2, -0.15) is 0 Å². The minimum Gasteiger partial charge on any atom is -0.299 e. The number of Topliss-reactive ketones (excluding diaryl/α,β-unsaturated/α-hetero) is 1. The summed E-state index contributed by atoms with van der Waals surface area (Å²) in [6.45, 7) is 2.59. The summed E-state index contributed by atoms with van der Waals surface area (Å²) in [5.74, 6) is 0.839. The third kappa shape index (κ3) is 3.90. The fraction of sp³-hybridized carbons (Fsp3) is 0.778. The van der Waals surface area contributed by atoms with Crippen LogP contribution >= 0.6 is 11.8 Å². The molecule has 0 aromatic carbocycles. The molecule has 2 nitrogen and oxygen atoms in total. The van der Waals surface area contributed by atoms with Gasteiger partial charge in [-0.05, 0) is 26.2 Å². The van der Waals surface area contributed by atoms with Gasteiger partial charge < -0.3 is 0 Å². The SMILES string of the molecule is CC(=O)CSC1=NCCCCC1. The van der Waals surface area contributed by atoms with E-state index in [1.54, 1.807) is 18.7 Å². The van der Waals surface area contributed by atoms with Crippen LogP contribution in [0.15, 0.2) is 4.99 Å². The molecule has 68 valence electrons.